The molecule has 0 aromatic carbocycles. The summed E-state index contributed by atoms with van der Waals surface area (Å²) in [6.45, 7) is 4.36. The topological polar surface area (TPSA) is 49.7 Å². The molecule has 4 aliphatic rings. The Kier molecular flexibility index (Phi) is 1.73. The Hall–Kier alpha value is 0.830. The SMILES string of the molecule is CC1(C)[C@@H]2CC[C@]13CS(=O)(=O)N1O[C@]13C2(Br)Br. The van der Waals surface area contributed by atoms with Crippen molar-refractivity contribution in [3.63, 3.8) is 0 Å². The van der Waals surface area contributed by atoms with Gasteiger partial charge in [0, 0.05) is 5.41 Å². The van der Waals surface area contributed by atoms with E-state index in [4.69, 9.17) is 4.84 Å². The summed E-state index contributed by atoms with van der Waals surface area (Å²) in [7, 11) is -3.25. The van der Waals surface area contributed by atoms with Gasteiger partial charge in [-0.3, -0.25) is 4.84 Å². The molecule has 4 fully saturated rings. The van der Waals surface area contributed by atoms with Crippen LogP contribution in [0.15, 0.2) is 0 Å². The monoisotopic (exact) mass is 385 g/mol. The van der Waals surface area contributed by atoms with Gasteiger partial charge in [-0.15, -0.1) is 0 Å². The number of nitrogens with zero attached hydrogens (tertiary/aromatic N) is 1. The van der Waals surface area contributed by atoms with Gasteiger partial charge in [0.2, 0.25) is 15.7 Å². The van der Waals surface area contributed by atoms with Crippen molar-refractivity contribution in [3.8, 4) is 0 Å². The second kappa shape index (κ2) is 2.53. The van der Waals surface area contributed by atoms with E-state index in [1.54, 1.807) is 0 Å². The molecule has 0 N–H and O–H groups in total. The third-order valence-corrected chi connectivity index (χ3v) is 9.50. The molecule has 2 saturated heterocycles. The van der Waals surface area contributed by atoms with Gasteiger partial charge in [0.15, 0.2) is 0 Å². The lowest BCUT2D eigenvalue weighted by Gasteiger charge is -2.36. The smallest absolute Gasteiger partial charge is 0.239 e. The van der Waals surface area contributed by atoms with Crippen LogP contribution < -0.4 is 0 Å². The van der Waals surface area contributed by atoms with Crippen molar-refractivity contribution in [2.45, 2.75) is 35.6 Å². The first kappa shape index (κ1) is 11.6. The average molecular weight is 387 g/mol. The van der Waals surface area contributed by atoms with Crippen LogP contribution in [-0.2, 0) is 14.9 Å². The van der Waals surface area contributed by atoms with Crippen LogP contribution in [0.5, 0.6) is 0 Å². The Morgan fingerprint density at radius 2 is 2.00 bits per heavy atom. The number of hydrogen-bond donors (Lipinski definition) is 0. The highest BCUT2D eigenvalue weighted by molar-refractivity contribution is 9.25. The van der Waals surface area contributed by atoms with E-state index in [0.29, 0.717) is 5.92 Å². The first-order chi connectivity index (χ1) is 7.64. The summed E-state index contributed by atoms with van der Waals surface area (Å²) < 4.78 is 25.1. The Balaban J connectivity index is 2.05. The summed E-state index contributed by atoms with van der Waals surface area (Å²) in [5, 5.41) is 0. The fourth-order valence-corrected chi connectivity index (χ4v) is 10.2. The summed E-state index contributed by atoms with van der Waals surface area (Å²) in [6, 6.07) is 0. The van der Waals surface area contributed by atoms with E-state index in [2.05, 4.69) is 45.7 Å². The van der Waals surface area contributed by atoms with Gasteiger partial charge in [-0.05, 0) is 28.6 Å². The van der Waals surface area contributed by atoms with Crippen LogP contribution >= 0.6 is 31.9 Å². The van der Waals surface area contributed by atoms with Gasteiger partial charge in [-0.2, -0.15) is 0 Å². The van der Waals surface area contributed by atoms with Crippen molar-refractivity contribution in [1.82, 2.24) is 4.47 Å². The number of sulfonamides is 1. The minimum Gasteiger partial charge on any atom is -0.252 e. The van der Waals surface area contributed by atoms with Crippen LogP contribution in [-0.4, -0.2) is 27.6 Å². The Labute approximate surface area is 117 Å². The molecule has 2 saturated carbocycles. The standard InChI is InChI=1S/C10H13Br2NO3S/c1-7(2)6-3-4-8(7)5-17(14,15)13-10(8,16-13)9(6,11)12/h6H,3-5H2,1-2H3/t6-,8-,10+,13?/m0/s1. The van der Waals surface area contributed by atoms with E-state index in [0.717, 1.165) is 12.8 Å². The lowest BCUT2D eigenvalue weighted by Crippen LogP contribution is -2.47. The van der Waals surface area contributed by atoms with Gasteiger partial charge in [-0.25, -0.2) is 8.42 Å². The van der Waals surface area contributed by atoms with Gasteiger partial charge >= 0.3 is 0 Å². The largest absolute Gasteiger partial charge is 0.252 e. The number of alkyl halides is 2. The summed E-state index contributed by atoms with van der Waals surface area (Å²) in [5.41, 5.74) is -1.01. The molecule has 1 unspecified atom stereocenters. The van der Waals surface area contributed by atoms with Crippen LogP contribution in [0.4, 0.5) is 0 Å². The van der Waals surface area contributed by atoms with Gasteiger partial charge in [0.05, 0.1) is 5.75 Å². The number of hydrogen-bond acceptors (Lipinski definition) is 3. The molecule has 17 heavy (non-hydrogen) atoms. The van der Waals surface area contributed by atoms with Crippen molar-refractivity contribution < 1.29 is 13.3 Å². The minimum atomic E-state index is -3.25. The van der Waals surface area contributed by atoms with Crippen LogP contribution in [0.25, 0.3) is 0 Å². The summed E-state index contributed by atoms with van der Waals surface area (Å²) in [5.74, 6) is 0.609. The fourth-order valence-electron chi connectivity index (χ4n) is 4.73. The van der Waals surface area contributed by atoms with Crippen molar-refractivity contribution in [1.29, 1.82) is 0 Å². The molecule has 0 aromatic rings. The van der Waals surface area contributed by atoms with E-state index in [9.17, 15) is 8.42 Å². The zero-order valence-electron chi connectivity index (χ0n) is 9.53. The van der Waals surface area contributed by atoms with Gasteiger partial charge < -0.3 is 0 Å². The number of rotatable bonds is 0. The molecule has 0 amide bonds. The van der Waals surface area contributed by atoms with E-state index >= 15 is 0 Å². The normalized spacial score (nSPS) is 58.8. The molecule has 7 heteroatoms. The molecule has 4 nitrogen and oxygen atoms in total. The predicted octanol–water partition coefficient (Wildman–Crippen LogP) is 2.20. The Morgan fingerprint density at radius 1 is 1.35 bits per heavy atom. The molecule has 4 rings (SSSR count). The van der Waals surface area contributed by atoms with Crippen molar-refractivity contribution in [2.75, 3.05) is 5.75 Å². The second-order valence-corrected chi connectivity index (χ2v) is 11.6. The van der Waals surface area contributed by atoms with Crippen molar-refractivity contribution in [3.05, 3.63) is 0 Å². The average Bonchev–Trinajstić information content (AvgIpc) is 2.78. The molecule has 96 valence electrons. The molecule has 2 heterocycles. The zero-order chi connectivity index (χ0) is 12.5. The highest BCUT2D eigenvalue weighted by atomic mass is 79.9. The Bertz CT molecular complexity index is 538. The number of halogens is 2. The Morgan fingerprint density at radius 3 is 2.53 bits per heavy atom. The van der Waals surface area contributed by atoms with Gasteiger partial charge in [-0.1, -0.05) is 45.7 Å². The van der Waals surface area contributed by atoms with Crippen LogP contribution in [0, 0.1) is 16.7 Å². The highest BCUT2D eigenvalue weighted by Gasteiger charge is 2.96. The molecule has 2 aliphatic carbocycles. The second-order valence-electron chi connectivity index (χ2n) is 6.24. The lowest BCUT2D eigenvalue weighted by molar-refractivity contribution is 0.0724. The van der Waals surface area contributed by atoms with Gasteiger partial charge in [0.1, 0.15) is 3.23 Å². The predicted molar refractivity (Wildman–Crippen MR) is 69.0 cm³/mol. The molecule has 2 spiro atoms. The number of hydroxylamine groups is 1. The van der Waals surface area contributed by atoms with Crippen molar-refractivity contribution >= 4 is 41.9 Å². The van der Waals surface area contributed by atoms with E-state index in [1.165, 1.54) is 4.47 Å². The first-order valence-electron chi connectivity index (χ1n) is 5.74. The molecular formula is C10H13Br2NO3S. The van der Waals surface area contributed by atoms with Crippen molar-refractivity contribution in [2.24, 2.45) is 16.7 Å². The molecular weight excluding hydrogens is 374 g/mol. The van der Waals surface area contributed by atoms with Crippen LogP contribution in [0.3, 0.4) is 0 Å². The maximum Gasteiger partial charge on any atom is 0.239 e. The summed E-state index contributed by atoms with van der Waals surface area (Å²) in [6.07, 6.45) is 1.97. The van der Waals surface area contributed by atoms with Crippen LogP contribution in [0.2, 0.25) is 0 Å². The van der Waals surface area contributed by atoms with E-state index in [1.807, 2.05) is 0 Å². The molecule has 0 aromatic heterocycles. The first-order valence-corrected chi connectivity index (χ1v) is 8.93. The summed E-state index contributed by atoms with van der Waals surface area (Å²) >= 11 is 7.42. The minimum absolute atomic E-state index is 0.0433. The highest BCUT2D eigenvalue weighted by Crippen LogP contribution is 2.86. The quantitative estimate of drug-likeness (QED) is 0.473. The van der Waals surface area contributed by atoms with Crippen LogP contribution in [0.1, 0.15) is 26.7 Å². The maximum atomic E-state index is 12.1. The molecule has 4 atom stereocenters. The number of fused-ring (bicyclic) bond motifs is 1. The van der Waals surface area contributed by atoms with E-state index in [-0.39, 0.29) is 16.6 Å². The molecule has 2 bridgehead atoms. The molecule has 0 radical (unpaired) electrons. The fraction of sp³-hybridized carbons (Fsp3) is 1.00. The van der Waals surface area contributed by atoms with Gasteiger partial charge in [0.25, 0.3) is 0 Å². The lowest BCUT2D eigenvalue weighted by atomic mass is 9.68. The third-order valence-electron chi connectivity index (χ3n) is 5.62. The van der Waals surface area contributed by atoms with E-state index < -0.39 is 19.0 Å². The molecule has 2 aliphatic heterocycles. The zero-order valence-corrected chi connectivity index (χ0v) is 13.5. The summed E-state index contributed by atoms with van der Waals surface area (Å²) in [4.78, 5) is 5.61. The maximum absolute atomic E-state index is 12.1. The third kappa shape index (κ3) is 0.829.